The van der Waals surface area contributed by atoms with E-state index in [0.29, 0.717) is 0 Å². The van der Waals surface area contributed by atoms with Gasteiger partial charge in [0, 0.05) is 37.6 Å². The van der Waals surface area contributed by atoms with Gasteiger partial charge in [0.15, 0.2) is 5.43 Å². The molecular formula is C9H11F3N2O. The molecule has 2 N–H and O–H groups in total. The van der Waals surface area contributed by atoms with Gasteiger partial charge in [-0.05, 0) is 0 Å². The maximum absolute atomic E-state index is 12.3. The zero-order valence-corrected chi connectivity index (χ0v) is 7.87. The Labute approximate surface area is 84.3 Å². The van der Waals surface area contributed by atoms with E-state index in [4.69, 9.17) is 5.73 Å². The molecule has 0 amide bonds. The molecule has 0 spiro atoms. The highest BCUT2D eigenvalue weighted by Gasteiger charge is 2.38. The van der Waals surface area contributed by atoms with E-state index in [1.807, 2.05) is 0 Å². The number of halogens is 3. The van der Waals surface area contributed by atoms with Gasteiger partial charge in [-0.2, -0.15) is 13.2 Å². The normalized spacial score (nSPS) is 13.9. The first kappa shape index (κ1) is 11.8. The summed E-state index contributed by atoms with van der Waals surface area (Å²) in [6.07, 6.45) is -1.68. The van der Waals surface area contributed by atoms with Gasteiger partial charge in [-0.25, -0.2) is 0 Å². The fourth-order valence-electron chi connectivity index (χ4n) is 1.13. The average Bonchev–Trinajstić information content (AvgIpc) is 2.15. The summed E-state index contributed by atoms with van der Waals surface area (Å²) >= 11 is 0. The van der Waals surface area contributed by atoms with Crippen molar-refractivity contribution < 1.29 is 13.2 Å². The number of rotatable bonds is 3. The van der Waals surface area contributed by atoms with Crippen molar-refractivity contribution in [3.05, 3.63) is 34.7 Å². The smallest absolute Gasteiger partial charge is 0.353 e. The van der Waals surface area contributed by atoms with Crippen molar-refractivity contribution in [1.82, 2.24) is 4.57 Å². The summed E-state index contributed by atoms with van der Waals surface area (Å²) in [4.78, 5) is 10.7. The lowest BCUT2D eigenvalue weighted by atomic mass is 10.1. The van der Waals surface area contributed by atoms with E-state index in [1.54, 1.807) is 0 Å². The molecule has 1 atom stereocenters. The Bertz CT molecular complexity index is 352. The lowest BCUT2D eigenvalue weighted by molar-refractivity contribution is -0.175. The van der Waals surface area contributed by atoms with E-state index in [9.17, 15) is 18.0 Å². The zero-order valence-electron chi connectivity index (χ0n) is 7.87. The molecule has 84 valence electrons. The van der Waals surface area contributed by atoms with Crippen molar-refractivity contribution in [3.8, 4) is 0 Å². The first-order chi connectivity index (χ1) is 6.93. The minimum absolute atomic E-state index is 0.234. The van der Waals surface area contributed by atoms with Crippen molar-refractivity contribution in [2.24, 2.45) is 11.7 Å². The number of hydrogen-bond acceptors (Lipinski definition) is 2. The molecule has 6 heteroatoms. The fraction of sp³-hybridized carbons (Fsp3) is 0.444. The zero-order chi connectivity index (χ0) is 11.5. The van der Waals surface area contributed by atoms with E-state index in [2.05, 4.69) is 0 Å². The minimum Gasteiger partial charge on any atom is -0.353 e. The molecule has 3 nitrogen and oxygen atoms in total. The molecule has 0 fully saturated rings. The van der Waals surface area contributed by atoms with Crippen LogP contribution < -0.4 is 11.2 Å². The third-order valence-electron chi connectivity index (χ3n) is 2.04. The third-order valence-corrected chi connectivity index (χ3v) is 2.04. The number of nitrogens with two attached hydrogens (primary N) is 1. The quantitative estimate of drug-likeness (QED) is 0.825. The third kappa shape index (κ3) is 3.39. The Morgan fingerprint density at radius 3 is 2.27 bits per heavy atom. The van der Waals surface area contributed by atoms with E-state index in [1.165, 1.54) is 29.1 Å². The maximum atomic E-state index is 12.3. The molecule has 0 saturated heterocycles. The monoisotopic (exact) mass is 220 g/mol. The standard InChI is InChI=1S/C9H11F3N2O/c10-9(11,12)7(5-13)6-14-3-1-8(15)2-4-14/h1-4,7H,5-6,13H2. The van der Waals surface area contributed by atoms with Gasteiger partial charge >= 0.3 is 6.18 Å². The van der Waals surface area contributed by atoms with E-state index < -0.39 is 18.6 Å². The van der Waals surface area contributed by atoms with Gasteiger partial charge in [0.05, 0.1) is 5.92 Å². The Balaban J connectivity index is 2.76. The number of hydrogen-bond donors (Lipinski definition) is 1. The SMILES string of the molecule is NCC(Cn1ccc(=O)cc1)C(F)(F)F. The summed E-state index contributed by atoms with van der Waals surface area (Å²) in [5.74, 6) is -1.58. The summed E-state index contributed by atoms with van der Waals surface area (Å²) in [7, 11) is 0. The van der Waals surface area contributed by atoms with Gasteiger partial charge in [-0.1, -0.05) is 0 Å². The molecule has 15 heavy (non-hydrogen) atoms. The summed E-state index contributed by atoms with van der Waals surface area (Å²) in [5, 5.41) is 0. The Morgan fingerprint density at radius 2 is 1.87 bits per heavy atom. The largest absolute Gasteiger partial charge is 0.394 e. The molecule has 1 rings (SSSR count). The van der Waals surface area contributed by atoms with Gasteiger partial charge in [0.25, 0.3) is 0 Å². The van der Waals surface area contributed by atoms with Crippen molar-refractivity contribution in [2.75, 3.05) is 6.54 Å². The van der Waals surface area contributed by atoms with E-state index in [0.717, 1.165) is 0 Å². The molecule has 0 aliphatic carbocycles. The van der Waals surface area contributed by atoms with Crippen molar-refractivity contribution in [2.45, 2.75) is 12.7 Å². The Hall–Kier alpha value is -1.30. The van der Waals surface area contributed by atoms with Crippen LogP contribution in [0.1, 0.15) is 0 Å². The van der Waals surface area contributed by atoms with Crippen LogP contribution in [0.15, 0.2) is 29.3 Å². The van der Waals surface area contributed by atoms with Crippen LogP contribution in [-0.2, 0) is 6.54 Å². The maximum Gasteiger partial charge on any atom is 0.394 e. The van der Waals surface area contributed by atoms with Crippen LogP contribution in [-0.4, -0.2) is 17.3 Å². The molecule has 1 aromatic heterocycles. The topological polar surface area (TPSA) is 48.0 Å². The number of aromatic nitrogens is 1. The van der Waals surface area contributed by atoms with Crippen LogP contribution in [0.5, 0.6) is 0 Å². The molecule has 1 aromatic rings. The summed E-state index contributed by atoms with van der Waals surface area (Å²) in [6.45, 7) is -0.726. The van der Waals surface area contributed by atoms with Crippen LogP contribution in [0, 0.1) is 5.92 Å². The molecule has 1 heterocycles. The van der Waals surface area contributed by atoms with Crippen LogP contribution in [0.2, 0.25) is 0 Å². The average molecular weight is 220 g/mol. The van der Waals surface area contributed by atoms with Gasteiger partial charge in [0.1, 0.15) is 0 Å². The second-order valence-corrected chi connectivity index (χ2v) is 3.20. The fourth-order valence-corrected chi connectivity index (χ4v) is 1.13. The number of alkyl halides is 3. The molecule has 0 aliphatic heterocycles. The van der Waals surface area contributed by atoms with Crippen LogP contribution in [0.3, 0.4) is 0 Å². The number of nitrogens with zero attached hydrogens (tertiary/aromatic N) is 1. The van der Waals surface area contributed by atoms with Crippen molar-refractivity contribution in [3.63, 3.8) is 0 Å². The van der Waals surface area contributed by atoms with Crippen molar-refractivity contribution in [1.29, 1.82) is 0 Å². The first-order valence-corrected chi connectivity index (χ1v) is 4.36. The molecule has 0 bridgehead atoms. The highest BCUT2D eigenvalue weighted by molar-refractivity contribution is 4.94. The molecule has 0 aliphatic rings. The number of pyridine rings is 1. The lowest BCUT2D eigenvalue weighted by Crippen LogP contribution is -2.33. The minimum atomic E-state index is -4.31. The van der Waals surface area contributed by atoms with Gasteiger partial charge < -0.3 is 10.3 Å². The first-order valence-electron chi connectivity index (χ1n) is 4.36. The van der Waals surface area contributed by atoms with Gasteiger partial charge in [-0.15, -0.1) is 0 Å². The van der Waals surface area contributed by atoms with Gasteiger partial charge in [-0.3, -0.25) is 4.79 Å². The highest BCUT2D eigenvalue weighted by Crippen LogP contribution is 2.26. The predicted molar refractivity (Wildman–Crippen MR) is 49.3 cm³/mol. The Kier molecular flexibility index (Phi) is 3.52. The summed E-state index contributed by atoms with van der Waals surface area (Å²) in [5.41, 5.74) is 4.81. The highest BCUT2D eigenvalue weighted by atomic mass is 19.4. The Morgan fingerprint density at radius 1 is 1.33 bits per heavy atom. The summed E-state index contributed by atoms with van der Waals surface area (Å²) in [6, 6.07) is 2.42. The van der Waals surface area contributed by atoms with E-state index >= 15 is 0 Å². The van der Waals surface area contributed by atoms with Gasteiger partial charge in [0.2, 0.25) is 0 Å². The second kappa shape index (κ2) is 4.48. The molecular weight excluding hydrogens is 209 g/mol. The predicted octanol–water partition coefficient (Wildman–Crippen LogP) is 0.985. The molecule has 0 saturated carbocycles. The molecule has 0 radical (unpaired) electrons. The molecule has 1 unspecified atom stereocenters. The summed E-state index contributed by atoms with van der Waals surface area (Å²) < 4.78 is 38.3. The lowest BCUT2D eigenvalue weighted by Gasteiger charge is -2.19. The van der Waals surface area contributed by atoms with Crippen molar-refractivity contribution >= 4 is 0 Å². The van der Waals surface area contributed by atoms with Crippen LogP contribution >= 0.6 is 0 Å². The molecule has 0 aromatic carbocycles. The second-order valence-electron chi connectivity index (χ2n) is 3.20. The van der Waals surface area contributed by atoms with Crippen LogP contribution in [0.25, 0.3) is 0 Å². The van der Waals surface area contributed by atoms with Crippen LogP contribution in [0.4, 0.5) is 13.2 Å². The van der Waals surface area contributed by atoms with E-state index in [-0.39, 0.29) is 12.0 Å².